The normalized spacial score (nSPS) is 17.9. The molecule has 1 N–H and O–H groups in total. The van der Waals surface area contributed by atoms with Gasteiger partial charge in [0.15, 0.2) is 0 Å². The van der Waals surface area contributed by atoms with Gasteiger partial charge in [-0.05, 0) is 62.2 Å². The lowest BCUT2D eigenvalue weighted by Crippen LogP contribution is -2.47. The molecule has 0 unspecified atom stereocenters. The zero-order chi connectivity index (χ0) is 22.2. The van der Waals surface area contributed by atoms with Crippen LogP contribution in [-0.4, -0.2) is 75.3 Å². The molecule has 7 heteroatoms. The second-order valence-electron chi connectivity index (χ2n) is 8.64. The van der Waals surface area contributed by atoms with Crippen molar-refractivity contribution in [2.45, 2.75) is 19.3 Å². The van der Waals surface area contributed by atoms with Crippen LogP contribution in [0.3, 0.4) is 0 Å². The molecular weight excluding hydrogens is 402 g/mol. The highest BCUT2D eigenvalue weighted by atomic mass is 16.5. The number of ether oxygens (including phenoxy) is 1. The highest BCUT2D eigenvalue weighted by Crippen LogP contribution is 2.23. The van der Waals surface area contributed by atoms with Crippen LogP contribution in [0.1, 0.15) is 19.3 Å². The Labute approximate surface area is 191 Å². The van der Waals surface area contributed by atoms with Gasteiger partial charge in [-0.25, -0.2) is 0 Å². The average molecular weight is 438 g/mol. The van der Waals surface area contributed by atoms with Crippen LogP contribution < -0.4 is 19.9 Å². The van der Waals surface area contributed by atoms with Gasteiger partial charge in [-0.3, -0.25) is 14.7 Å². The fraction of sp³-hybridized carbons (Fsp3) is 0.520. The number of hydrogen-bond donors (Lipinski definition) is 1. The van der Waals surface area contributed by atoms with Crippen molar-refractivity contribution in [2.75, 3.05) is 69.3 Å². The van der Waals surface area contributed by atoms with E-state index in [2.05, 4.69) is 37.1 Å². The maximum atomic E-state index is 12.6. The Kier molecular flexibility index (Phi) is 7.82. The van der Waals surface area contributed by atoms with Crippen molar-refractivity contribution in [3.63, 3.8) is 0 Å². The smallest absolute Gasteiger partial charge is 0.223 e. The molecule has 0 aliphatic carbocycles. The molecule has 2 fully saturated rings. The lowest BCUT2D eigenvalue weighted by Gasteiger charge is -2.36. The number of nitrogens with zero attached hydrogens (tertiary/aromatic N) is 4. The van der Waals surface area contributed by atoms with Crippen LogP contribution in [0, 0.1) is 5.92 Å². The predicted octanol–water partition coefficient (Wildman–Crippen LogP) is 2.64. The van der Waals surface area contributed by atoms with E-state index in [1.54, 1.807) is 7.11 Å². The average Bonchev–Trinajstić information content (AvgIpc) is 2.87. The van der Waals surface area contributed by atoms with Crippen LogP contribution in [-0.2, 0) is 4.79 Å². The molecule has 32 heavy (non-hydrogen) atoms. The van der Waals surface area contributed by atoms with Gasteiger partial charge in [0.25, 0.3) is 0 Å². The Morgan fingerprint density at radius 1 is 0.938 bits per heavy atom. The fourth-order valence-electron chi connectivity index (χ4n) is 4.64. The molecule has 3 heterocycles. The number of aromatic nitrogens is 1. The molecule has 2 aliphatic heterocycles. The number of anilines is 2. The highest BCUT2D eigenvalue weighted by Gasteiger charge is 2.25. The molecule has 0 saturated carbocycles. The predicted molar refractivity (Wildman–Crippen MR) is 128 cm³/mol. The summed E-state index contributed by atoms with van der Waals surface area (Å²) in [4.78, 5) is 23.9. The van der Waals surface area contributed by atoms with Crippen molar-refractivity contribution in [3.05, 3.63) is 48.8 Å². The van der Waals surface area contributed by atoms with E-state index in [1.807, 2.05) is 36.7 Å². The molecule has 0 spiro atoms. The molecule has 2 aromatic rings. The lowest BCUT2D eigenvalue weighted by molar-refractivity contribution is -0.125. The van der Waals surface area contributed by atoms with E-state index in [0.29, 0.717) is 0 Å². The van der Waals surface area contributed by atoms with Gasteiger partial charge in [0.1, 0.15) is 5.75 Å². The fourth-order valence-corrected chi connectivity index (χ4v) is 4.64. The second-order valence-corrected chi connectivity index (χ2v) is 8.64. The molecule has 0 bridgehead atoms. The zero-order valence-electron chi connectivity index (χ0n) is 19.1. The molecular formula is C25H35N5O2. The molecule has 4 rings (SSSR count). The first-order valence-corrected chi connectivity index (χ1v) is 11.8. The number of piperazine rings is 1. The summed E-state index contributed by atoms with van der Waals surface area (Å²) in [7, 11) is 1.70. The number of hydrogen-bond acceptors (Lipinski definition) is 6. The number of methoxy groups -OCH3 is 1. The Hall–Kier alpha value is -2.80. The highest BCUT2D eigenvalue weighted by molar-refractivity contribution is 5.79. The second kappa shape index (κ2) is 11.2. The van der Waals surface area contributed by atoms with E-state index in [4.69, 9.17) is 4.74 Å². The first-order chi connectivity index (χ1) is 15.7. The summed E-state index contributed by atoms with van der Waals surface area (Å²) < 4.78 is 5.25. The molecule has 1 aromatic heterocycles. The molecule has 2 aliphatic rings. The summed E-state index contributed by atoms with van der Waals surface area (Å²) in [5, 5.41) is 3.18. The van der Waals surface area contributed by atoms with Gasteiger partial charge in [-0.1, -0.05) is 0 Å². The first-order valence-electron chi connectivity index (χ1n) is 11.8. The maximum absolute atomic E-state index is 12.6. The van der Waals surface area contributed by atoms with Crippen molar-refractivity contribution in [2.24, 2.45) is 5.92 Å². The molecule has 0 atom stereocenters. The number of benzene rings is 1. The summed E-state index contributed by atoms with van der Waals surface area (Å²) in [6.07, 6.45) is 6.49. The summed E-state index contributed by atoms with van der Waals surface area (Å²) in [5.74, 6) is 1.26. The van der Waals surface area contributed by atoms with Crippen LogP contribution in [0.5, 0.6) is 5.75 Å². The molecule has 1 aromatic carbocycles. The van der Waals surface area contributed by atoms with E-state index in [1.165, 1.54) is 11.4 Å². The third-order valence-electron chi connectivity index (χ3n) is 6.65. The largest absolute Gasteiger partial charge is 0.497 e. The monoisotopic (exact) mass is 437 g/mol. The van der Waals surface area contributed by atoms with Gasteiger partial charge in [0.05, 0.1) is 7.11 Å². The standard InChI is InChI=1S/C25H35N5O2/c1-32-24-5-3-22(4-6-24)30-19-17-28(18-20-30)14-2-11-27-25(31)21-9-15-29(16-10-21)23-7-12-26-13-8-23/h3-8,12-13,21H,2,9-11,14-20H2,1H3,(H,27,31). The van der Waals surface area contributed by atoms with Crippen LogP contribution >= 0.6 is 0 Å². The molecule has 7 nitrogen and oxygen atoms in total. The lowest BCUT2D eigenvalue weighted by atomic mass is 9.95. The van der Waals surface area contributed by atoms with Crippen molar-refractivity contribution in [1.29, 1.82) is 0 Å². The van der Waals surface area contributed by atoms with E-state index in [9.17, 15) is 4.79 Å². The minimum Gasteiger partial charge on any atom is -0.497 e. The molecule has 0 radical (unpaired) electrons. The first kappa shape index (κ1) is 22.4. The molecule has 1 amide bonds. The van der Waals surface area contributed by atoms with Gasteiger partial charge >= 0.3 is 0 Å². The van der Waals surface area contributed by atoms with Crippen LogP contribution in [0.25, 0.3) is 0 Å². The number of carbonyl (C=O) groups excluding carboxylic acids is 1. The van der Waals surface area contributed by atoms with Crippen LogP contribution in [0.2, 0.25) is 0 Å². The van der Waals surface area contributed by atoms with E-state index < -0.39 is 0 Å². The summed E-state index contributed by atoms with van der Waals surface area (Å²) in [6, 6.07) is 12.4. The minimum absolute atomic E-state index is 0.140. The van der Waals surface area contributed by atoms with E-state index in [-0.39, 0.29) is 11.8 Å². The number of nitrogens with one attached hydrogen (secondary N) is 1. The van der Waals surface area contributed by atoms with E-state index in [0.717, 1.165) is 77.4 Å². The topological polar surface area (TPSA) is 60.9 Å². The number of carbonyl (C=O) groups is 1. The van der Waals surface area contributed by atoms with Gasteiger partial charge in [-0.2, -0.15) is 0 Å². The molecule has 172 valence electrons. The molecule has 2 saturated heterocycles. The van der Waals surface area contributed by atoms with Crippen molar-refractivity contribution < 1.29 is 9.53 Å². The quantitative estimate of drug-likeness (QED) is 0.641. The van der Waals surface area contributed by atoms with Gasteiger partial charge in [0.2, 0.25) is 5.91 Å². The summed E-state index contributed by atoms with van der Waals surface area (Å²) in [5.41, 5.74) is 2.46. The third-order valence-corrected chi connectivity index (χ3v) is 6.65. The SMILES string of the molecule is COc1ccc(N2CCN(CCCNC(=O)C3CCN(c4ccncc4)CC3)CC2)cc1. The third kappa shape index (κ3) is 5.91. The van der Waals surface area contributed by atoms with Crippen LogP contribution in [0.15, 0.2) is 48.8 Å². The number of rotatable bonds is 8. The van der Waals surface area contributed by atoms with E-state index >= 15 is 0 Å². The number of amides is 1. The van der Waals surface area contributed by atoms with Gasteiger partial charge in [-0.15, -0.1) is 0 Å². The maximum Gasteiger partial charge on any atom is 0.223 e. The van der Waals surface area contributed by atoms with Gasteiger partial charge < -0.3 is 19.9 Å². The number of pyridine rings is 1. The van der Waals surface area contributed by atoms with Crippen molar-refractivity contribution in [3.8, 4) is 5.75 Å². The Morgan fingerprint density at radius 2 is 1.56 bits per heavy atom. The Morgan fingerprint density at radius 3 is 2.22 bits per heavy atom. The minimum atomic E-state index is 0.140. The van der Waals surface area contributed by atoms with Crippen molar-refractivity contribution >= 4 is 17.3 Å². The Bertz CT molecular complexity index is 829. The van der Waals surface area contributed by atoms with Crippen LogP contribution in [0.4, 0.5) is 11.4 Å². The van der Waals surface area contributed by atoms with Crippen molar-refractivity contribution in [1.82, 2.24) is 15.2 Å². The number of piperidine rings is 1. The zero-order valence-corrected chi connectivity index (χ0v) is 19.1. The Balaban J connectivity index is 1.09. The van der Waals surface area contributed by atoms with Gasteiger partial charge in [0, 0.05) is 75.5 Å². The summed E-state index contributed by atoms with van der Waals surface area (Å²) >= 11 is 0. The summed E-state index contributed by atoms with van der Waals surface area (Å²) in [6.45, 7) is 7.87.